The number of hydrogen-bond acceptors (Lipinski definition) is 6. The van der Waals surface area contributed by atoms with Gasteiger partial charge in [-0.25, -0.2) is 4.98 Å². The number of nitrogens with zero attached hydrogens (tertiary/aromatic N) is 3. The number of thiazole rings is 1. The first-order valence-corrected chi connectivity index (χ1v) is 9.98. The minimum atomic E-state index is -0.462. The molecular weight excluding hydrogens is 374 g/mol. The van der Waals surface area contributed by atoms with Gasteiger partial charge in [-0.1, -0.05) is 24.3 Å². The van der Waals surface area contributed by atoms with Crippen LogP contribution in [0.1, 0.15) is 17.7 Å². The highest BCUT2D eigenvalue weighted by atomic mass is 32.1. The van der Waals surface area contributed by atoms with E-state index in [9.17, 15) is 9.59 Å². The summed E-state index contributed by atoms with van der Waals surface area (Å²) < 4.78 is 5.21. The minimum Gasteiger partial charge on any atom is -0.455 e. The second-order valence-corrected chi connectivity index (χ2v) is 7.33. The highest BCUT2D eigenvalue weighted by Gasteiger charge is 2.23. The van der Waals surface area contributed by atoms with Crippen LogP contribution in [0.5, 0.6) is 0 Å². The molecule has 4 rings (SSSR count). The highest BCUT2D eigenvalue weighted by Crippen LogP contribution is 2.26. The summed E-state index contributed by atoms with van der Waals surface area (Å²) in [5.74, 6) is -0.663. The van der Waals surface area contributed by atoms with Gasteiger partial charge in [0.1, 0.15) is 5.01 Å². The lowest BCUT2D eigenvalue weighted by Crippen LogP contribution is -2.38. The lowest BCUT2D eigenvalue weighted by atomic mass is 10.0. The van der Waals surface area contributed by atoms with Crippen molar-refractivity contribution in [3.05, 3.63) is 65.3 Å². The van der Waals surface area contributed by atoms with E-state index in [4.69, 9.17) is 4.74 Å². The van der Waals surface area contributed by atoms with E-state index in [0.717, 1.165) is 34.8 Å². The number of pyridine rings is 1. The van der Waals surface area contributed by atoms with Crippen LogP contribution in [0.4, 0.5) is 5.69 Å². The summed E-state index contributed by atoms with van der Waals surface area (Å²) in [6.45, 7) is 0.386. The van der Waals surface area contributed by atoms with Gasteiger partial charge in [0.05, 0.1) is 17.8 Å². The van der Waals surface area contributed by atoms with E-state index in [1.165, 1.54) is 11.3 Å². The van der Waals surface area contributed by atoms with Crippen molar-refractivity contribution in [1.82, 2.24) is 9.97 Å². The van der Waals surface area contributed by atoms with Crippen molar-refractivity contribution in [1.29, 1.82) is 0 Å². The van der Waals surface area contributed by atoms with Crippen molar-refractivity contribution < 1.29 is 14.3 Å². The molecule has 0 radical (unpaired) electrons. The molecule has 7 heteroatoms. The number of benzene rings is 1. The molecule has 0 saturated heterocycles. The van der Waals surface area contributed by atoms with E-state index >= 15 is 0 Å². The van der Waals surface area contributed by atoms with Gasteiger partial charge in [-0.3, -0.25) is 14.6 Å². The molecule has 0 bridgehead atoms. The summed E-state index contributed by atoms with van der Waals surface area (Å²) in [7, 11) is 0. The van der Waals surface area contributed by atoms with Gasteiger partial charge in [0, 0.05) is 23.8 Å². The molecule has 0 fully saturated rings. The third kappa shape index (κ3) is 4.09. The minimum absolute atomic E-state index is 0.0349. The average Bonchev–Trinajstić information content (AvgIpc) is 3.20. The molecule has 1 amide bonds. The van der Waals surface area contributed by atoms with E-state index in [-0.39, 0.29) is 18.9 Å². The predicted octanol–water partition coefficient (Wildman–Crippen LogP) is 3.27. The van der Waals surface area contributed by atoms with Crippen LogP contribution in [-0.2, 0) is 27.2 Å². The van der Waals surface area contributed by atoms with Crippen molar-refractivity contribution in [2.24, 2.45) is 0 Å². The normalized spacial score (nSPS) is 13.1. The zero-order chi connectivity index (χ0) is 19.3. The number of aromatic nitrogens is 2. The number of esters is 1. The number of rotatable bonds is 5. The second-order valence-electron chi connectivity index (χ2n) is 6.47. The van der Waals surface area contributed by atoms with Crippen LogP contribution >= 0.6 is 11.3 Å². The maximum absolute atomic E-state index is 12.5. The van der Waals surface area contributed by atoms with Crippen LogP contribution in [0.25, 0.3) is 10.7 Å². The lowest BCUT2D eigenvalue weighted by molar-refractivity contribution is -0.147. The van der Waals surface area contributed by atoms with Gasteiger partial charge in [0.2, 0.25) is 0 Å². The molecule has 6 nitrogen and oxygen atoms in total. The number of aryl methyl sites for hydroxylation is 1. The molecule has 0 spiro atoms. The van der Waals surface area contributed by atoms with Crippen LogP contribution in [0.3, 0.4) is 0 Å². The fourth-order valence-corrected chi connectivity index (χ4v) is 4.00. The molecule has 2 aromatic heterocycles. The first kappa shape index (κ1) is 18.3. The van der Waals surface area contributed by atoms with Crippen LogP contribution in [-0.4, -0.2) is 35.0 Å². The molecular formula is C21H19N3O3S. The van der Waals surface area contributed by atoms with E-state index in [0.29, 0.717) is 12.2 Å². The number of para-hydroxylation sites is 1. The predicted molar refractivity (Wildman–Crippen MR) is 107 cm³/mol. The van der Waals surface area contributed by atoms with Gasteiger partial charge in [-0.05, 0) is 36.6 Å². The Morgan fingerprint density at radius 2 is 2.00 bits per heavy atom. The Balaban J connectivity index is 1.33. The Labute approximate surface area is 166 Å². The van der Waals surface area contributed by atoms with Crippen molar-refractivity contribution in [3.8, 4) is 10.7 Å². The largest absolute Gasteiger partial charge is 0.455 e. The third-order valence-electron chi connectivity index (χ3n) is 4.53. The Bertz CT molecular complexity index is 987. The second kappa shape index (κ2) is 8.31. The molecule has 3 heterocycles. The number of anilines is 1. The maximum Gasteiger partial charge on any atom is 0.312 e. The van der Waals surface area contributed by atoms with E-state index in [1.54, 1.807) is 11.1 Å². The van der Waals surface area contributed by atoms with Crippen molar-refractivity contribution in [2.45, 2.75) is 19.3 Å². The molecule has 0 N–H and O–H groups in total. The highest BCUT2D eigenvalue weighted by molar-refractivity contribution is 7.13. The van der Waals surface area contributed by atoms with Gasteiger partial charge in [-0.15, -0.1) is 11.3 Å². The number of carbonyl (C=O) groups excluding carboxylic acids is 2. The molecule has 142 valence electrons. The monoisotopic (exact) mass is 393 g/mol. The summed E-state index contributed by atoms with van der Waals surface area (Å²) in [5.41, 5.74) is 3.45. The van der Waals surface area contributed by atoms with Crippen molar-refractivity contribution >= 4 is 28.9 Å². The summed E-state index contributed by atoms with van der Waals surface area (Å²) in [6.07, 6.45) is 3.61. The van der Waals surface area contributed by atoms with Gasteiger partial charge in [-0.2, -0.15) is 0 Å². The van der Waals surface area contributed by atoms with Crippen LogP contribution in [0.2, 0.25) is 0 Å². The summed E-state index contributed by atoms with van der Waals surface area (Å²) in [4.78, 5) is 35.1. The van der Waals surface area contributed by atoms with E-state index in [2.05, 4.69) is 9.97 Å². The van der Waals surface area contributed by atoms with Gasteiger partial charge in [0.15, 0.2) is 6.61 Å². The summed E-state index contributed by atoms with van der Waals surface area (Å²) in [6, 6.07) is 13.5. The average molecular weight is 393 g/mol. The van der Waals surface area contributed by atoms with Gasteiger partial charge < -0.3 is 9.64 Å². The number of hydrogen-bond donors (Lipinski definition) is 0. The number of ether oxygens (including phenoxy) is 1. The molecule has 0 aliphatic carbocycles. The smallest absolute Gasteiger partial charge is 0.312 e. The van der Waals surface area contributed by atoms with Crippen molar-refractivity contribution in [2.75, 3.05) is 18.1 Å². The Morgan fingerprint density at radius 1 is 1.14 bits per heavy atom. The Hall–Kier alpha value is -3.06. The van der Waals surface area contributed by atoms with E-state index < -0.39 is 5.97 Å². The van der Waals surface area contributed by atoms with E-state index in [1.807, 2.05) is 47.8 Å². The Morgan fingerprint density at radius 3 is 2.86 bits per heavy atom. The molecule has 1 aromatic carbocycles. The molecule has 1 aliphatic rings. The molecule has 28 heavy (non-hydrogen) atoms. The standard InChI is InChI=1S/C21H19N3O3S/c25-19(24-11-5-7-15-6-1-2-9-18(15)24)13-27-20(26)12-16-14-28-21(23-16)17-8-3-4-10-22-17/h1-4,6,8-10,14H,5,7,11-13H2. The first-order valence-electron chi connectivity index (χ1n) is 9.10. The molecule has 1 aliphatic heterocycles. The molecule has 0 unspecified atom stereocenters. The Kier molecular flexibility index (Phi) is 5.43. The number of fused-ring (bicyclic) bond motifs is 1. The van der Waals surface area contributed by atoms with Crippen LogP contribution in [0, 0.1) is 0 Å². The molecule has 0 atom stereocenters. The van der Waals surface area contributed by atoms with Gasteiger partial charge >= 0.3 is 5.97 Å². The number of carbonyl (C=O) groups is 2. The van der Waals surface area contributed by atoms with Gasteiger partial charge in [0.25, 0.3) is 5.91 Å². The fourth-order valence-electron chi connectivity index (χ4n) is 3.21. The summed E-state index contributed by atoms with van der Waals surface area (Å²) >= 11 is 1.43. The SMILES string of the molecule is O=C(Cc1csc(-c2ccccn2)n1)OCC(=O)N1CCCc2ccccc21. The fraction of sp³-hybridized carbons (Fsp3) is 0.238. The zero-order valence-electron chi connectivity index (χ0n) is 15.2. The lowest BCUT2D eigenvalue weighted by Gasteiger charge is -2.29. The number of amides is 1. The molecule has 0 saturated carbocycles. The van der Waals surface area contributed by atoms with Crippen LogP contribution < -0.4 is 4.90 Å². The topological polar surface area (TPSA) is 72.4 Å². The zero-order valence-corrected chi connectivity index (χ0v) is 16.0. The van der Waals surface area contributed by atoms with Crippen LogP contribution in [0.15, 0.2) is 54.0 Å². The summed E-state index contributed by atoms with van der Waals surface area (Å²) in [5, 5.41) is 2.57. The quantitative estimate of drug-likeness (QED) is 0.622. The maximum atomic E-state index is 12.5. The van der Waals surface area contributed by atoms with Crippen molar-refractivity contribution in [3.63, 3.8) is 0 Å². The third-order valence-corrected chi connectivity index (χ3v) is 5.44. The first-order chi connectivity index (χ1) is 13.7. The molecule has 3 aromatic rings.